The molecule has 0 N–H and O–H groups in total. The van der Waals surface area contributed by atoms with Crippen LogP contribution < -0.4 is 15.1 Å². The summed E-state index contributed by atoms with van der Waals surface area (Å²) in [4.78, 5) is 22.8. The van der Waals surface area contributed by atoms with E-state index in [1.54, 1.807) is 12.1 Å². The molecule has 0 atom stereocenters. The van der Waals surface area contributed by atoms with Gasteiger partial charge in [-0.3, -0.25) is 4.79 Å². The van der Waals surface area contributed by atoms with Crippen LogP contribution in [0.4, 0.5) is 0 Å². The fraction of sp³-hybridized carbons (Fsp3) is 0.231. The van der Waals surface area contributed by atoms with E-state index in [9.17, 15) is 9.59 Å². The van der Waals surface area contributed by atoms with Crippen molar-refractivity contribution in [2.75, 3.05) is 13.9 Å². The van der Waals surface area contributed by atoms with Crippen molar-refractivity contribution in [3.05, 3.63) is 34.2 Å². The Morgan fingerprint density at radius 1 is 1.26 bits per heavy atom. The third-order valence-electron chi connectivity index (χ3n) is 2.89. The van der Waals surface area contributed by atoms with Gasteiger partial charge in [-0.05, 0) is 11.6 Å². The average Bonchev–Trinajstić information content (AvgIpc) is 2.83. The standard InChI is InChI=1S/C13H10O6/c1-16-12(14)2-7-3-13(15)19-9-5-11-10(4-8(7)9)17-6-18-11/h3-5H,2,6H2,1H3. The lowest BCUT2D eigenvalue weighted by Gasteiger charge is -2.05. The van der Waals surface area contributed by atoms with Gasteiger partial charge in [-0.15, -0.1) is 0 Å². The van der Waals surface area contributed by atoms with Gasteiger partial charge >= 0.3 is 11.6 Å². The highest BCUT2D eigenvalue weighted by Crippen LogP contribution is 2.36. The summed E-state index contributed by atoms with van der Waals surface area (Å²) in [5.41, 5.74) is 0.373. The van der Waals surface area contributed by atoms with Crippen molar-refractivity contribution in [3.63, 3.8) is 0 Å². The Labute approximate surface area is 107 Å². The van der Waals surface area contributed by atoms with Gasteiger partial charge in [0, 0.05) is 17.5 Å². The number of esters is 1. The van der Waals surface area contributed by atoms with Crippen LogP contribution in [0.1, 0.15) is 5.56 Å². The van der Waals surface area contributed by atoms with Crippen LogP contribution in [0.2, 0.25) is 0 Å². The zero-order chi connectivity index (χ0) is 13.4. The molecule has 2 aromatic rings. The molecule has 0 radical (unpaired) electrons. The molecule has 2 heterocycles. The Morgan fingerprint density at radius 3 is 2.74 bits per heavy atom. The molecule has 3 rings (SSSR count). The molecule has 0 fully saturated rings. The number of fused-ring (bicyclic) bond motifs is 2. The number of benzene rings is 1. The normalized spacial score (nSPS) is 12.7. The number of ether oxygens (including phenoxy) is 3. The van der Waals surface area contributed by atoms with Crippen molar-refractivity contribution < 1.29 is 23.4 Å². The van der Waals surface area contributed by atoms with Crippen LogP contribution in [0.15, 0.2) is 27.4 Å². The third-order valence-corrected chi connectivity index (χ3v) is 2.89. The van der Waals surface area contributed by atoms with Crippen LogP contribution in [-0.2, 0) is 16.0 Å². The highest BCUT2D eigenvalue weighted by molar-refractivity contribution is 5.87. The highest BCUT2D eigenvalue weighted by Gasteiger charge is 2.18. The molecule has 0 spiro atoms. The first-order valence-corrected chi connectivity index (χ1v) is 5.60. The summed E-state index contributed by atoms with van der Waals surface area (Å²) in [6.45, 7) is 0.127. The molecule has 0 bridgehead atoms. The van der Waals surface area contributed by atoms with Gasteiger partial charge in [-0.2, -0.15) is 0 Å². The second-order valence-electron chi connectivity index (χ2n) is 4.05. The van der Waals surface area contributed by atoms with E-state index >= 15 is 0 Å². The number of hydrogen-bond acceptors (Lipinski definition) is 6. The van der Waals surface area contributed by atoms with Crippen LogP contribution >= 0.6 is 0 Å². The fourth-order valence-corrected chi connectivity index (χ4v) is 1.99. The first-order chi connectivity index (χ1) is 9.17. The minimum atomic E-state index is -0.523. The maximum absolute atomic E-state index is 11.5. The lowest BCUT2D eigenvalue weighted by molar-refractivity contribution is -0.139. The van der Waals surface area contributed by atoms with Crippen LogP contribution in [0, 0.1) is 0 Å². The van der Waals surface area contributed by atoms with Gasteiger partial charge in [0.15, 0.2) is 11.5 Å². The molecule has 0 saturated heterocycles. The smallest absolute Gasteiger partial charge is 0.336 e. The first-order valence-electron chi connectivity index (χ1n) is 5.60. The van der Waals surface area contributed by atoms with Gasteiger partial charge in [0.1, 0.15) is 5.58 Å². The van der Waals surface area contributed by atoms with Crippen molar-refractivity contribution in [2.45, 2.75) is 6.42 Å². The number of methoxy groups -OCH3 is 1. The molecule has 6 heteroatoms. The van der Waals surface area contributed by atoms with Gasteiger partial charge in [-0.1, -0.05) is 0 Å². The predicted octanol–water partition coefficient (Wildman–Crippen LogP) is 1.24. The van der Waals surface area contributed by atoms with Crippen LogP contribution in [-0.4, -0.2) is 19.9 Å². The van der Waals surface area contributed by atoms with Gasteiger partial charge in [0.05, 0.1) is 13.5 Å². The molecule has 6 nitrogen and oxygen atoms in total. The molecular formula is C13H10O6. The van der Waals surface area contributed by atoms with E-state index < -0.39 is 11.6 Å². The van der Waals surface area contributed by atoms with Crippen LogP contribution in [0.5, 0.6) is 11.5 Å². The number of carbonyl (C=O) groups excluding carboxylic acids is 1. The van der Waals surface area contributed by atoms with Crippen molar-refractivity contribution in [2.24, 2.45) is 0 Å². The van der Waals surface area contributed by atoms with E-state index in [0.29, 0.717) is 28.0 Å². The minimum Gasteiger partial charge on any atom is -0.469 e. The molecule has 0 unspecified atom stereocenters. The number of carbonyl (C=O) groups is 1. The maximum Gasteiger partial charge on any atom is 0.336 e. The number of rotatable bonds is 2. The van der Waals surface area contributed by atoms with E-state index in [-0.39, 0.29) is 13.2 Å². The van der Waals surface area contributed by atoms with Crippen molar-refractivity contribution in [3.8, 4) is 11.5 Å². The SMILES string of the molecule is COC(=O)Cc1cc(=O)oc2cc3c(cc12)OCO3. The predicted molar refractivity (Wildman–Crippen MR) is 64.3 cm³/mol. The van der Waals surface area contributed by atoms with E-state index in [1.807, 2.05) is 0 Å². The molecule has 1 aliphatic heterocycles. The Balaban J connectivity index is 2.20. The van der Waals surface area contributed by atoms with E-state index in [1.165, 1.54) is 13.2 Å². The molecule has 0 saturated carbocycles. The van der Waals surface area contributed by atoms with Gasteiger partial charge in [-0.25, -0.2) is 4.79 Å². The summed E-state index contributed by atoms with van der Waals surface area (Å²) in [5.74, 6) is 0.655. The molecule has 1 aromatic carbocycles. The minimum absolute atomic E-state index is 0.00174. The van der Waals surface area contributed by atoms with Crippen LogP contribution in [0.25, 0.3) is 11.0 Å². The second kappa shape index (κ2) is 4.31. The molecule has 98 valence electrons. The Kier molecular flexibility index (Phi) is 2.63. The Hall–Kier alpha value is -2.50. The molecule has 0 aliphatic carbocycles. The largest absolute Gasteiger partial charge is 0.469 e. The topological polar surface area (TPSA) is 75.0 Å². The first kappa shape index (κ1) is 11.6. The van der Waals surface area contributed by atoms with Gasteiger partial charge < -0.3 is 18.6 Å². The fourth-order valence-electron chi connectivity index (χ4n) is 1.99. The van der Waals surface area contributed by atoms with Gasteiger partial charge in [0.2, 0.25) is 6.79 Å². The molecule has 1 aliphatic rings. The quantitative estimate of drug-likeness (QED) is 0.598. The summed E-state index contributed by atoms with van der Waals surface area (Å²) in [7, 11) is 1.30. The summed E-state index contributed by atoms with van der Waals surface area (Å²) >= 11 is 0. The molecule has 19 heavy (non-hydrogen) atoms. The maximum atomic E-state index is 11.5. The summed E-state index contributed by atoms with van der Waals surface area (Å²) < 4.78 is 20.2. The zero-order valence-electron chi connectivity index (χ0n) is 10.1. The highest BCUT2D eigenvalue weighted by atomic mass is 16.7. The van der Waals surface area contributed by atoms with Crippen molar-refractivity contribution in [1.82, 2.24) is 0 Å². The van der Waals surface area contributed by atoms with E-state index in [4.69, 9.17) is 13.9 Å². The Morgan fingerprint density at radius 2 is 2.00 bits per heavy atom. The second-order valence-corrected chi connectivity index (χ2v) is 4.05. The molecule has 1 aromatic heterocycles. The summed E-state index contributed by atoms with van der Waals surface area (Å²) in [5, 5.41) is 0.634. The van der Waals surface area contributed by atoms with Crippen LogP contribution in [0.3, 0.4) is 0 Å². The summed E-state index contributed by atoms with van der Waals surface area (Å²) in [6.07, 6.45) is -0.00174. The van der Waals surface area contributed by atoms with E-state index in [2.05, 4.69) is 4.74 Å². The average molecular weight is 262 g/mol. The summed E-state index contributed by atoms with van der Waals surface area (Å²) in [6, 6.07) is 4.56. The zero-order valence-corrected chi connectivity index (χ0v) is 10.1. The monoisotopic (exact) mass is 262 g/mol. The van der Waals surface area contributed by atoms with Crippen molar-refractivity contribution in [1.29, 1.82) is 0 Å². The molecular weight excluding hydrogens is 252 g/mol. The van der Waals surface area contributed by atoms with Crippen molar-refractivity contribution >= 4 is 16.9 Å². The lowest BCUT2D eigenvalue weighted by atomic mass is 10.1. The Bertz CT molecular complexity index is 715. The lowest BCUT2D eigenvalue weighted by Crippen LogP contribution is -2.08. The molecule has 0 amide bonds. The third kappa shape index (κ3) is 2.01. The van der Waals surface area contributed by atoms with E-state index in [0.717, 1.165) is 0 Å². The van der Waals surface area contributed by atoms with Gasteiger partial charge in [0.25, 0.3) is 0 Å². The number of hydrogen-bond donors (Lipinski definition) is 0.